The number of rotatable bonds is 11. The first-order chi connectivity index (χ1) is 9.12. The van der Waals surface area contributed by atoms with Crippen LogP contribution in [0.15, 0.2) is 0 Å². The molecule has 2 nitrogen and oxygen atoms in total. The molecule has 0 bridgehead atoms. The quantitative estimate of drug-likeness (QED) is 0.424. The molecule has 0 aliphatic carbocycles. The van der Waals surface area contributed by atoms with Crippen LogP contribution < -0.4 is 0 Å². The molecule has 0 aliphatic heterocycles. The van der Waals surface area contributed by atoms with Crippen LogP contribution in [0.3, 0.4) is 0 Å². The fourth-order valence-electron chi connectivity index (χ4n) is 3.35. The van der Waals surface area contributed by atoms with E-state index in [0.29, 0.717) is 16.4 Å². The lowest BCUT2D eigenvalue weighted by atomic mass is 9.67. The predicted octanol–water partition coefficient (Wildman–Crippen LogP) is 4.00. The molecule has 19 heavy (non-hydrogen) atoms. The molecule has 0 amide bonds. The second kappa shape index (κ2) is 10.5. The molecule has 0 aromatic heterocycles. The van der Waals surface area contributed by atoms with Crippen LogP contribution in [0.4, 0.5) is 0 Å². The summed E-state index contributed by atoms with van der Waals surface area (Å²) in [6.07, 6.45) is 10.5. The summed E-state index contributed by atoms with van der Waals surface area (Å²) in [5.74, 6) is 0.573. The van der Waals surface area contributed by atoms with Crippen LogP contribution >= 0.6 is 0 Å². The van der Waals surface area contributed by atoms with Crippen LogP contribution in [0, 0.1) is 11.3 Å². The molecule has 114 valence electrons. The van der Waals surface area contributed by atoms with Gasteiger partial charge in [0.05, 0.1) is 5.41 Å². The van der Waals surface area contributed by atoms with Gasteiger partial charge in [-0.15, -0.1) is 0 Å². The highest BCUT2D eigenvalue weighted by molar-refractivity contribution is 6.06. The summed E-state index contributed by atoms with van der Waals surface area (Å²) >= 11 is 0. The predicted molar refractivity (Wildman–Crippen MR) is 86.2 cm³/mol. The van der Waals surface area contributed by atoms with Gasteiger partial charge in [-0.2, -0.15) is 0 Å². The summed E-state index contributed by atoms with van der Waals surface area (Å²) in [4.78, 5) is 12.3. The van der Waals surface area contributed by atoms with Crippen LogP contribution in [-0.4, -0.2) is 16.5 Å². The Kier molecular flexibility index (Phi) is 10.3. The van der Waals surface area contributed by atoms with Gasteiger partial charge in [0.2, 0.25) is 10.5 Å². The van der Waals surface area contributed by atoms with Gasteiger partial charge in [-0.25, -0.2) is 0 Å². The van der Waals surface area contributed by atoms with Crippen LogP contribution in [-0.2, 0) is 9.22 Å². The van der Waals surface area contributed by atoms with E-state index < -0.39 is 0 Å². The van der Waals surface area contributed by atoms with Gasteiger partial charge in [0.1, 0.15) is 0 Å². The van der Waals surface area contributed by atoms with Gasteiger partial charge in [0.25, 0.3) is 5.97 Å². The maximum absolute atomic E-state index is 12.3. The fourth-order valence-corrected chi connectivity index (χ4v) is 3.76. The first kappa shape index (κ1) is 18.7. The van der Waals surface area contributed by atoms with Crippen molar-refractivity contribution < 1.29 is 9.22 Å². The first-order valence-electron chi connectivity index (χ1n) is 8.21. The highest BCUT2D eigenvalue weighted by atomic mass is 28.2. The smallest absolute Gasteiger partial charge is 0.298 e. The Hall–Kier alpha value is -0.313. The highest BCUT2D eigenvalue weighted by Gasteiger charge is 2.42. The molecule has 0 spiro atoms. The number of hydrogen-bond acceptors (Lipinski definition) is 2. The van der Waals surface area contributed by atoms with Crippen molar-refractivity contribution in [3.8, 4) is 0 Å². The van der Waals surface area contributed by atoms with Crippen LogP contribution in [0.1, 0.15) is 85.5 Å². The first-order valence-corrected chi connectivity index (χ1v) is 9.02. The van der Waals surface area contributed by atoms with E-state index in [9.17, 15) is 4.79 Å². The average Bonchev–Trinajstić information content (AvgIpc) is 2.44. The Bertz CT molecular complexity index is 237. The zero-order valence-corrected chi connectivity index (χ0v) is 15.8. The molecule has 0 heterocycles. The summed E-state index contributed by atoms with van der Waals surface area (Å²) in [5, 5.41) is 0. The van der Waals surface area contributed by atoms with E-state index in [2.05, 4.69) is 27.7 Å². The van der Waals surface area contributed by atoms with Crippen molar-refractivity contribution in [3.05, 3.63) is 0 Å². The minimum absolute atomic E-state index is 0.0677. The van der Waals surface area contributed by atoms with Crippen molar-refractivity contribution in [2.45, 2.75) is 85.5 Å². The third kappa shape index (κ3) is 5.29. The second-order valence-electron chi connectivity index (χ2n) is 5.69. The summed E-state index contributed by atoms with van der Waals surface area (Å²) in [7, 11) is 0.519. The monoisotopic (exact) mass is 286 g/mol. The molecule has 1 unspecified atom stereocenters. The Morgan fingerprint density at radius 1 is 1.00 bits per heavy atom. The number of carbonyl (C=O) groups is 1. The van der Waals surface area contributed by atoms with Crippen molar-refractivity contribution in [1.29, 1.82) is 0 Å². The Morgan fingerprint density at radius 2 is 1.63 bits per heavy atom. The third-order valence-corrected chi connectivity index (χ3v) is 5.05. The molecule has 0 N–H and O–H groups in total. The van der Waals surface area contributed by atoms with Crippen LogP contribution in [0.25, 0.3) is 0 Å². The van der Waals surface area contributed by atoms with Gasteiger partial charge in [-0.3, -0.25) is 4.79 Å². The second-order valence-corrected chi connectivity index (χ2v) is 6.10. The SMILES string of the molecule is CCCCCCC(CCC)C(CC)(CC)C(=O)O[SiH3]. The minimum Gasteiger partial charge on any atom is -0.528 e. The van der Waals surface area contributed by atoms with Gasteiger partial charge in [-0.05, 0) is 31.6 Å². The number of hydrogen-bond donors (Lipinski definition) is 0. The molecular weight excluding hydrogens is 252 g/mol. The van der Waals surface area contributed by atoms with E-state index in [-0.39, 0.29) is 11.4 Å². The van der Waals surface area contributed by atoms with Crippen molar-refractivity contribution in [2.75, 3.05) is 0 Å². The van der Waals surface area contributed by atoms with E-state index >= 15 is 0 Å². The van der Waals surface area contributed by atoms with Gasteiger partial charge in [-0.1, -0.05) is 59.8 Å². The van der Waals surface area contributed by atoms with Gasteiger partial charge in [0, 0.05) is 0 Å². The minimum atomic E-state index is -0.218. The lowest BCUT2D eigenvalue weighted by Crippen LogP contribution is -2.39. The normalized spacial score (nSPS) is 13.5. The molecule has 0 aromatic rings. The topological polar surface area (TPSA) is 26.3 Å². The van der Waals surface area contributed by atoms with Crippen molar-refractivity contribution >= 4 is 16.5 Å². The van der Waals surface area contributed by atoms with Crippen LogP contribution in [0.2, 0.25) is 0 Å². The molecule has 0 aliphatic rings. The zero-order chi connectivity index (χ0) is 14.7. The third-order valence-electron chi connectivity index (χ3n) is 4.68. The molecule has 0 rings (SSSR count). The molecule has 0 fully saturated rings. The fraction of sp³-hybridized carbons (Fsp3) is 0.938. The van der Waals surface area contributed by atoms with Gasteiger partial charge in [0.15, 0.2) is 0 Å². The summed E-state index contributed by atoms with van der Waals surface area (Å²) in [6, 6.07) is 0. The Balaban J connectivity index is 4.79. The molecular formula is C16H34O2Si. The van der Waals surface area contributed by atoms with E-state index in [0.717, 1.165) is 25.7 Å². The highest BCUT2D eigenvalue weighted by Crippen LogP contribution is 2.42. The Morgan fingerprint density at radius 3 is 2.05 bits per heavy atom. The van der Waals surface area contributed by atoms with E-state index in [1.807, 2.05) is 0 Å². The zero-order valence-electron chi connectivity index (χ0n) is 13.8. The van der Waals surface area contributed by atoms with Gasteiger partial charge >= 0.3 is 0 Å². The molecule has 0 aromatic carbocycles. The molecule has 3 heteroatoms. The summed E-state index contributed by atoms with van der Waals surface area (Å²) < 4.78 is 5.25. The number of unbranched alkanes of at least 4 members (excludes halogenated alkanes) is 3. The Labute approximate surface area is 123 Å². The lowest BCUT2D eigenvalue weighted by Gasteiger charge is -2.37. The van der Waals surface area contributed by atoms with Gasteiger partial charge < -0.3 is 4.43 Å². The van der Waals surface area contributed by atoms with Crippen molar-refractivity contribution in [2.24, 2.45) is 11.3 Å². The number of carbonyl (C=O) groups excluding carboxylic acids is 1. The molecule has 0 radical (unpaired) electrons. The van der Waals surface area contributed by atoms with E-state index in [1.165, 1.54) is 32.1 Å². The van der Waals surface area contributed by atoms with Crippen molar-refractivity contribution in [1.82, 2.24) is 0 Å². The summed E-state index contributed by atoms with van der Waals surface area (Å²) in [6.45, 7) is 8.76. The standard InChI is InChI=1S/C16H34O2Si/c1-5-9-10-11-13-14(12-6-2)16(7-3,8-4)15(17)18-19/h14H,5-13H2,1-4,19H3. The van der Waals surface area contributed by atoms with Crippen LogP contribution in [0.5, 0.6) is 0 Å². The van der Waals surface area contributed by atoms with E-state index in [4.69, 9.17) is 4.43 Å². The maximum atomic E-state index is 12.3. The van der Waals surface area contributed by atoms with Crippen molar-refractivity contribution in [3.63, 3.8) is 0 Å². The molecule has 1 atom stereocenters. The summed E-state index contributed by atoms with van der Waals surface area (Å²) in [5.41, 5.74) is -0.218. The van der Waals surface area contributed by atoms with E-state index in [1.54, 1.807) is 0 Å². The molecule has 0 saturated heterocycles. The lowest BCUT2D eigenvalue weighted by molar-refractivity contribution is -0.150. The largest absolute Gasteiger partial charge is 0.528 e. The maximum Gasteiger partial charge on any atom is 0.298 e. The molecule has 0 saturated carbocycles. The average molecular weight is 287 g/mol.